The topological polar surface area (TPSA) is 88.2 Å². The zero-order chi connectivity index (χ0) is 19.3. The van der Waals surface area contributed by atoms with Crippen molar-refractivity contribution in [3.63, 3.8) is 0 Å². The molecule has 0 unspecified atom stereocenters. The van der Waals surface area contributed by atoms with Crippen LogP contribution in [0.3, 0.4) is 0 Å². The summed E-state index contributed by atoms with van der Waals surface area (Å²) in [6, 6.07) is 8.29. The molecule has 1 saturated carbocycles. The molecule has 0 bridgehead atoms. The zero-order valence-electron chi connectivity index (χ0n) is 15.4. The number of amides is 1. The summed E-state index contributed by atoms with van der Waals surface area (Å²) in [5, 5.41) is 3.29. The van der Waals surface area contributed by atoms with Gasteiger partial charge in [0.1, 0.15) is 5.69 Å². The maximum absolute atomic E-state index is 12.6. The van der Waals surface area contributed by atoms with Crippen LogP contribution in [-0.4, -0.2) is 25.4 Å². The number of sulfonamides is 1. The molecule has 0 spiro atoms. The molecule has 1 aliphatic carbocycles. The first-order chi connectivity index (χ1) is 13.0. The van der Waals surface area contributed by atoms with E-state index in [0.717, 1.165) is 25.7 Å². The normalized spacial score (nSPS) is 16.3. The summed E-state index contributed by atoms with van der Waals surface area (Å²) in [6.45, 7) is 1.78. The average molecular weight is 408 g/mol. The van der Waals surface area contributed by atoms with E-state index in [-0.39, 0.29) is 22.0 Å². The maximum Gasteiger partial charge on any atom is 0.271 e. The van der Waals surface area contributed by atoms with Crippen LogP contribution < -0.4 is 10.0 Å². The second kappa shape index (κ2) is 8.84. The van der Waals surface area contributed by atoms with Gasteiger partial charge in [0, 0.05) is 10.9 Å². The molecule has 0 atom stereocenters. The van der Waals surface area contributed by atoms with E-state index in [1.807, 2.05) is 0 Å². The number of carbonyl (C=O) groups excluding carboxylic acids is 1. The maximum atomic E-state index is 12.6. The summed E-state index contributed by atoms with van der Waals surface area (Å²) in [5.74, 6) is -0.223. The van der Waals surface area contributed by atoms with Crippen LogP contribution in [0.25, 0.3) is 0 Å². The molecule has 0 aliphatic heterocycles. The molecule has 1 aromatic heterocycles. The molecule has 146 valence electrons. The summed E-state index contributed by atoms with van der Waals surface area (Å²) in [7, 11) is -3.71. The van der Waals surface area contributed by atoms with E-state index in [9.17, 15) is 13.2 Å². The second-order valence-electron chi connectivity index (χ2n) is 6.86. The highest BCUT2D eigenvalue weighted by molar-refractivity contribution is 7.93. The van der Waals surface area contributed by atoms with Crippen molar-refractivity contribution in [2.24, 2.45) is 0 Å². The Kier molecular flexibility index (Phi) is 6.49. The Morgan fingerprint density at radius 3 is 2.37 bits per heavy atom. The largest absolute Gasteiger partial charge is 0.348 e. The fraction of sp³-hybridized carbons (Fsp3) is 0.474. The van der Waals surface area contributed by atoms with E-state index >= 15 is 0 Å². The van der Waals surface area contributed by atoms with Crippen molar-refractivity contribution in [3.8, 4) is 0 Å². The summed E-state index contributed by atoms with van der Waals surface area (Å²) in [6.07, 6.45) is 7.94. The second-order valence-corrected chi connectivity index (χ2v) is 9.74. The van der Waals surface area contributed by atoms with Gasteiger partial charge in [0.25, 0.3) is 15.9 Å². The minimum atomic E-state index is -3.71. The Hall–Kier alpha value is -1.93. The lowest BCUT2D eigenvalue weighted by Gasteiger charge is -2.20. The van der Waals surface area contributed by atoms with Gasteiger partial charge in [-0.15, -0.1) is 11.3 Å². The predicted octanol–water partition coefficient (Wildman–Crippen LogP) is 4.10. The molecule has 1 fully saturated rings. The molecule has 6 nitrogen and oxygen atoms in total. The first-order valence-electron chi connectivity index (χ1n) is 9.32. The van der Waals surface area contributed by atoms with Crippen LogP contribution in [0.5, 0.6) is 0 Å². The quantitative estimate of drug-likeness (QED) is 0.781. The van der Waals surface area contributed by atoms with E-state index < -0.39 is 10.0 Å². The highest BCUT2D eigenvalue weighted by Gasteiger charge is 2.22. The zero-order valence-corrected chi connectivity index (χ0v) is 17.0. The van der Waals surface area contributed by atoms with Crippen LogP contribution in [0, 0.1) is 6.92 Å². The lowest BCUT2D eigenvalue weighted by Crippen LogP contribution is -2.35. The average Bonchev–Trinajstić information content (AvgIpc) is 2.97. The Morgan fingerprint density at radius 2 is 1.70 bits per heavy atom. The Labute approximate surface area is 164 Å². The minimum Gasteiger partial charge on any atom is -0.348 e. The van der Waals surface area contributed by atoms with Gasteiger partial charge in [0.2, 0.25) is 0 Å². The van der Waals surface area contributed by atoms with Crippen molar-refractivity contribution < 1.29 is 13.2 Å². The van der Waals surface area contributed by atoms with Gasteiger partial charge in [0.15, 0.2) is 5.13 Å². The summed E-state index contributed by atoms with van der Waals surface area (Å²) < 4.78 is 27.3. The van der Waals surface area contributed by atoms with Gasteiger partial charge in [0.05, 0.1) is 4.90 Å². The van der Waals surface area contributed by atoms with Gasteiger partial charge in [-0.2, -0.15) is 0 Å². The van der Waals surface area contributed by atoms with Gasteiger partial charge >= 0.3 is 0 Å². The first kappa shape index (κ1) is 19.8. The van der Waals surface area contributed by atoms with Crippen molar-refractivity contribution >= 4 is 32.4 Å². The number of nitrogens with one attached hydrogen (secondary N) is 2. The number of hydrogen-bond donors (Lipinski definition) is 2. The SMILES string of the molecule is Cc1sc(NS(=O)(=O)c2ccccc2)nc1C(=O)NC1CCCCCCC1. The molecule has 2 N–H and O–H groups in total. The number of anilines is 1. The third-order valence-electron chi connectivity index (χ3n) is 4.73. The van der Waals surface area contributed by atoms with Gasteiger partial charge in [-0.25, -0.2) is 13.4 Å². The smallest absolute Gasteiger partial charge is 0.271 e. The van der Waals surface area contributed by atoms with E-state index in [1.54, 1.807) is 25.1 Å². The Balaban J connectivity index is 1.69. The van der Waals surface area contributed by atoms with Crippen molar-refractivity contribution in [2.75, 3.05) is 4.72 Å². The Morgan fingerprint density at radius 1 is 1.07 bits per heavy atom. The lowest BCUT2D eigenvalue weighted by molar-refractivity contribution is 0.0925. The molecule has 1 heterocycles. The highest BCUT2D eigenvalue weighted by atomic mass is 32.2. The van der Waals surface area contributed by atoms with Gasteiger partial charge in [-0.3, -0.25) is 9.52 Å². The number of aryl methyl sites for hydroxylation is 1. The monoisotopic (exact) mass is 407 g/mol. The van der Waals surface area contributed by atoms with Crippen molar-refractivity contribution in [2.45, 2.75) is 62.8 Å². The van der Waals surface area contributed by atoms with Crippen LogP contribution in [0.1, 0.15) is 60.3 Å². The molecule has 1 aromatic carbocycles. The van der Waals surface area contributed by atoms with Crippen LogP contribution in [0.4, 0.5) is 5.13 Å². The molecule has 8 heteroatoms. The summed E-state index contributed by atoms with van der Waals surface area (Å²) >= 11 is 1.17. The molecule has 1 amide bonds. The lowest BCUT2D eigenvalue weighted by atomic mass is 9.96. The van der Waals surface area contributed by atoms with Gasteiger partial charge in [-0.1, -0.05) is 50.3 Å². The summed E-state index contributed by atoms with van der Waals surface area (Å²) in [5.41, 5.74) is 0.299. The predicted molar refractivity (Wildman–Crippen MR) is 108 cm³/mol. The number of carbonyl (C=O) groups is 1. The molecule has 2 aromatic rings. The Bertz CT molecular complexity index is 871. The molecule has 1 aliphatic rings. The number of thiazole rings is 1. The number of benzene rings is 1. The standard InChI is InChI=1S/C19H25N3O3S2/c1-14-17(18(23)20-15-10-6-3-2-4-7-11-15)21-19(26-14)22-27(24,25)16-12-8-5-9-13-16/h5,8-9,12-13,15H,2-4,6-7,10-11H2,1H3,(H,20,23)(H,21,22). The fourth-order valence-corrected chi connectivity index (χ4v) is 5.35. The number of rotatable bonds is 5. The number of nitrogens with zero attached hydrogens (tertiary/aromatic N) is 1. The third kappa shape index (κ3) is 5.29. The van der Waals surface area contributed by atoms with Gasteiger partial charge in [-0.05, 0) is 31.9 Å². The summed E-state index contributed by atoms with van der Waals surface area (Å²) in [4.78, 5) is 17.7. The van der Waals surface area contributed by atoms with Crippen LogP contribution in [-0.2, 0) is 10.0 Å². The first-order valence-corrected chi connectivity index (χ1v) is 11.6. The molecule has 0 radical (unpaired) electrons. The van der Waals surface area contributed by atoms with Crippen molar-refractivity contribution in [1.82, 2.24) is 10.3 Å². The molecule has 27 heavy (non-hydrogen) atoms. The van der Waals surface area contributed by atoms with Crippen molar-refractivity contribution in [3.05, 3.63) is 40.9 Å². The van der Waals surface area contributed by atoms with E-state index in [2.05, 4.69) is 15.0 Å². The van der Waals surface area contributed by atoms with Crippen LogP contribution in [0.2, 0.25) is 0 Å². The van der Waals surface area contributed by atoms with E-state index in [4.69, 9.17) is 0 Å². The van der Waals surface area contributed by atoms with Crippen LogP contribution >= 0.6 is 11.3 Å². The fourth-order valence-electron chi connectivity index (χ4n) is 3.28. The van der Waals surface area contributed by atoms with Gasteiger partial charge < -0.3 is 5.32 Å². The highest BCUT2D eigenvalue weighted by Crippen LogP contribution is 2.25. The van der Waals surface area contributed by atoms with E-state index in [0.29, 0.717) is 10.6 Å². The number of aromatic nitrogens is 1. The molecule has 3 rings (SSSR count). The molecular formula is C19H25N3O3S2. The number of hydrogen-bond acceptors (Lipinski definition) is 5. The third-order valence-corrected chi connectivity index (χ3v) is 7.10. The van der Waals surface area contributed by atoms with Crippen LogP contribution in [0.15, 0.2) is 35.2 Å². The minimum absolute atomic E-state index is 0.165. The van der Waals surface area contributed by atoms with Crippen molar-refractivity contribution in [1.29, 1.82) is 0 Å². The molecular weight excluding hydrogens is 382 g/mol. The molecule has 0 saturated heterocycles. The van der Waals surface area contributed by atoms with E-state index in [1.165, 1.54) is 42.7 Å².